The first kappa shape index (κ1) is 34.4. The molecule has 0 fully saturated rings. The van der Waals surface area contributed by atoms with Crippen molar-refractivity contribution < 1.29 is 15.0 Å². The van der Waals surface area contributed by atoms with Crippen LogP contribution in [0.2, 0.25) is 0 Å². The van der Waals surface area contributed by atoms with Crippen LogP contribution in [0.3, 0.4) is 0 Å². The first-order valence-corrected chi connectivity index (χ1v) is 15.7. The maximum atomic E-state index is 12.2. The third-order valence-corrected chi connectivity index (χ3v) is 7.37. The second-order valence-corrected chi connectivity index (χ2v) is 10.9. The highest BCUT2D eigenvalue weighted by Crippen LogP contribution is 2.15. The van der Waals surface area contributed by atoms with E-state index >= 15 is 0 Å². The van der Waals surface area contributed by atoms with E-state index in [1.54, 1.807) is 0 Å². The van der Waals surface area contributed by atoms with Gasteiger partial charge in [-0.25, -0.2) is 0 Å². The van der Waals surface area contributed by atoms with Gasteiger partial charge in [-0.2, -0.15) is 0 Å². The summed E-state index contributed by atoms with van der Waals surface area (Å²) in [7, 11) is 0. The molecule has 0 radical (unpaired) electrons. The molecule has 4 heteroatoms. The second kappa shape index (κ2) is 28.0. The molecule has 0 aliphatic rings. The Balaban J connectivity index is 3.54. The molecule has 35 heavy (non-hydrogen) atoms. The number of carbonyl (C=O) groups excluding carboxylic acids is 1. The Hall–Kier alpha value is -0.610. The molecule has 0 aliphatic heterocycles. The van der Waals surface area contributed by atoms with Crippen molar-refractivity contribution in [2.24, 2.45) is 0 Å². The van der Waals surface area contributed by atoms with Crippen LogP contribution >= 0.6 is 0 Å². The van der Waals surface area contributed by atoms with Crippen molar-refractivity contribution in [1.82, 2.24) is 5.32 Å². The molecule has 0 saturated heterocycles. The van der Waals surface area contributed by atoms with Crippen LogP contribution in [0.15, 0.2) is 0 Å². The molecule has 2 atom stereocenters. The van der Waals surface area contributed by atoms with Crippen LogP contribution in [-0.4, -0.2) is 34.9 Å². The molecule has 0 heterocycles. The molecule has 0 rings (SSSR count). The van der Waals surface area contributed by atoms with Crippen LogP contribution in [0.1, 0.15) is 174 Å². The minimum atomic E-state index is -0.649. The molecule has 0 aliphatic carbocycles. The minimum Gasteiger partial charge on any atom is -0.394 e. The zero-order valence-corrected chi connectivity index (χ0v) is 23.8. The van der Waals surface area contributed by atoms with Crippen molar-refractivity contribution in [3.63, 3.8) is 0 Å². The minimum absolute atomic E-state index is 0.0365. The van der Waals surface area contributed by atoms with E-state index in [2.05, 4.69) is 19.2 Å². The third kappa shape index (κ3) is 24.8. The fourth-order valence-corrected chi connectivity index (χ4v) is 4.89. The van der Waals surface area contributed by atoms with Gasteiger partial charge in [0, 0.05) is 6.42 Å². The van der Waals surface area contributed by atoms with E-state index in [0.717, 1.165) is 25.7 Å². The van der Waals surface area contributed by atoms with Crippen molar-refractivity contribution in [1.29, 1.82) is 0 Å². The van der Waals surface area contributed by atoms with Crippen LogP contribution in [0.5, 0.6) is 0 Å². The zero-order valence-electron chi connectivity index (χ0n) is 23.8. The number of aliphatic hydroxyl groups is 2. The maximum Gasteiger partial charge on any atom is 0.220 e. The van der Waals surface area contributed by atoms with Crippen molar-refractivity contribution in [3.8, 4) is 0 Å². The zero-order chi connectivity index (χ0) is 25.8. The van der Waals surface area contributed by atoms with E-state index in [1.807, 2.05) is 0 Å². The van der Waals surface area contributed by atoms with Gasteiger partial charge in [0.05, 0.1) is 18.8 Å². The molecule has 0 aromatic carbocycles. The molecule has 0 aromatic rings. The highest BCUT2D eigenvalue weighted by atomic mass is 16.3. The summed E-state index contributed by atoms with van der Waals surface area (Å²) in [4.78, 5) is 12.2. The third-order valence-electron chi connectivity index (χ3n) is 7.37. The molecule has 0 spiro atoms. The first-order valence-electron chi connectivity index (χ1n) is 15.7. The van der Waals surface area contributed by atoms with Gasteiger partial charge < -0.3 is 15.5 Å². The lowest BCUT2D eigenvalue weighted by atomic mass is 10.0. The number of carbonyl (C=O) groups is 1. The molecule has 0 bridgehead atoms. The van der Waals surface area contributed by atoms with E-state index in [4.69, 9.17) is 0 Å². The first-order chi connectivity index (χ1) is 17.2. The predicted octanol–water partition coefficient (Wildman–Crippen LogP) is 8.62. The molecule has 4 nitrogen and oxygen atoms in total. The fourth-order valence-electron chi connectivity index (χ4n) is 4.89. The lowest BCUT2D eigenvalue weighted by molar-refractivity contribution is -0.123. The summed E-state index contributed by atoms with van der Waals surface area (Å²) >= 11 is 0. The summed E-state index contributed by atoms with van der Waals surface area (Å²) in [6.45, 7) is 4.32. The molecule has 1 amide bonds. The van der Waals surface area contributed by atoms with Crippen LogP contribution in [-0.2, 0) is 4.79 Å². The number of rotatable bonds is 28. The fraction of sp³-hybridized carbons (Fsp3) is 0.968. The quantitative estimate of drug-likeness (QED) is 0.0947. The van der Waals surface area contributed by atoms with Crippen molar-refractivity contribution in [2.45, 2.75) is 187 Å². The van der Waals surface area contributed by atoms with Crippen LogP contribution in [0.25, 0.3) is 0 Å². The molecule has 0 saturated carbocycles. The molecular weight excluding hydrogens is 434 g/mol. The highest BCUT2D eigenvalue weighted by Gasteiger charge is 2.19. The van der Waals surface area contributed by atoms with Gasteiger partial charge in [-0.1, -0.05) is 155 Å². The van der Waals surface area contributed by atoms with Crippen LogP contribution < -0.4 is 5.32 Å². The Morgan fingerprint density at radius 3 is 1.29 bits per heavy atom. The van der Waals surface area contributed by atoms with Crippen LogP contribution in [0, 0.1) is 0 Å². The Kier molecular flexibility index (Phi) is 27.5. The highest BCUT2D eigenvalue weighted by molar-refractivity contribution is 5.76. The Bertz CT molecular complexity index is 429. The lowest BCUT2D eigenvalue weighted by Crippen LogP contribution is -2.45. The van der Waals surface area contributed by atoms with Gasteiger partial charge in [0.15, 0.2) is 0 Å². The number of hydrogen-bond donors (Lipinski definition) is 3. The average molecular weight is 498 g/mol. The molecular formula is C31H63NO3. The number of aliphatic hydroxyl groups excluding tert-OH is 2. The number of amides is 1. The number of hydrogen-bond acceptors (Lipinski definition) is 3. The van der Waals surface area contributed by atoms with Gasteiger partial charge in [-0.05, 0) is 12.8 Å². The van der Waals surface area contributed by atoms with Crippen LogP contribution in [0.4, 0.5) is 0 Å². The van der Waals surface area contributed by atoms with Crippen molar-refractivity contribution in [2.75, 3.05) is 6.61 Å². The van der Waals surface area contributed by atoms with Gasteiger partial charge in [-0.15, -0.1) is 0 Å². The Morgan fingerprint density at radius 2 is 0.914 bits per heavy atom. The predicted molar refractivity (Wildman–Crippen MR) is 152 cm³/mol. The van der Waals surface area contributed by atoms with E-state index in [9.17, 15) is 15.0 Å². The van der Waals surface area contributed by atoms with E-state index < -0.39 is 12.1 Å². The van der Waals surface area contributed by atoms with Crippen molar-refractivity contribution >= 4 is 5.91 Å². The number of unbranched alkanes of at least 4 members (excludes halogenated alkanes) is 21. The second-order valence-electron chi connectivity index (χ2n) is 10.9. The summed E-state index contributed by atoms with van der Waals surface area (Å²) in [6, 6.07) is -0.525. The summed E-state index contributed by atoms with van der Waals surface area (Å²) in [5.41, 5.74) is 0. The van der Waals surface area contributed by atoms with E-state index in [1.165, 1.54) is 122 Å². The summed E-state index contributed by atoms with van der Waals surface area (Å²) in [5, 5.41) is 22.9. The molecule has 210 valence electrons. The van der Waals surface area contributed by atoms with E-state index in [-0.39, 0.29) is 12.5 Å². The molecule has 3 N–H and O–H groups in total. The van der Waals surface area contributed by atoms with Gasteiger partial charge >= 0.3 is 0 Å². The topological polar surface area (TPSA) is 69.6 Å². The van der Waals surface area contributed by atoms with Gasteiger partial charge in [0.25, 0.3) is 0 Å². The monoisotopic (exact) mass is 497 g/mol. The molecule has 0 aromatic heterocycles. The average Bonchev–Trinajstić information content (AvgIpc) is 2.86. The van der Waals surface area contributed by atoms with Gasteiger partial charge in [0.1, 0.15) is 0 Å². The summed E-state index contributed by atoms with van der Waals surface area (Å²) in [5.74, 6) is -0.0365. The largest absolute Gasteiger partial charge is 0.394 e. The lowest BCUT2D eigenvalue weighted by Gasteiger charge is -2.22. The smallest absolute Gasteiger partial charge is 0.220 e. The van der Waals surface area contributed by atoms with Gasteiger partial charge in [0.2, 0.25) is 5.91 Å². The summed E-state index contributed by atoms with van der Waals surface area (Å²) in [6.07, 6.45) is 30.1. The Morgan fingerprint density at radius 1 is 0.571 bits per heavy atom. The molecule has 0 unspecified atom stereocenters. The SMILES string of the molecule is CCCCCCCCCCCCCCCCC[C@@H](O)[C@H](CO)NC(=O)CCCCCCCCCC. The maximum absolute atomic E-state index is 12.2. The standard InChI is InChI=1S/C31H63NO3/c1-3-5-7-9-11-13-14-15-16-17-18-19-20-22-24-26-30(34)29(28-33)32-31(35)27-25-23-21-12-10-8-6-4-2/h29-30,33-34H,3-28H2,1-2H3,(H,32,35)/t29-,30+/m0/s1. The van der Waals surface area contributed by atoms with Crippen molar-refractivity contribution in [3.05, 3.63) is 0 Å². The number of nitrogens with one attached hydrogen (secondary N) is 1. The van der Waals surface area contributed by atoms with Gasteiger partial charge in [-0.3, -0.25) is 4.79 Å². The summed E-state index contributed by atoms with van der Waals surface area (Å²) < 4.78 is 0. The Labute approximate surface area is 219 Å². The normalized spacial score (nSPS) is 13.1. The van der Waals surface area contributed by atoms with E-state index in [0.29, 0.717) is 12.8 Å².